The molecule has 0 aliphatic heterocycles. The molecular formula is C13H16ClN5O2. The Morgan fingerprint density at radius 3 is 2.95 bits per heavy atom. The summed E-state index contributed by atoms with van der Waals surface area (Å²) in [6.07, 6.45) is 5.03. The first-order valence-corrected chi connectivity index (χ1v) is 7.30. The van der Waals surface area contributed by atoms with Crippen molar-refractivity contribution >= 4 is 17.3 Å². The largest absolute Gasteiger partial charge is 0.370 e. The molecule has 2 aromatic rings. The number of hydrogen-bond acceptors (Lipinski definition) is 6. The van der Waals surface area contributed by atoms with Gasteiger partial charge in [-0.25, -0.2) is 4.68 Å². The zero-order valence-corrected chi connectivity index (χ0v) is 12.4. The van der Waals surface area contributed by atoms with Gasteiger partial charge in [-0.15, -0.1) is 0 Å². The average Bonchev–Trinajstić information content (AvgIpc) is 2.81. The van der Waals surface area contributed by atoms with Gasteiger partial charge in [0.15, 0.2) is 5.82 Å². The Labute approximate surface area is 126 Å². The quantitative estimate of drug-likeness (QED) is 0.909. The van der Waals surface area contributed by atoms with Gasteiger partial charge in [-0.2, -0.15) is 10.1 Å². The van der Waals surface area contributed by atoms with Gasteiger partial charge in [0.2, 0.25) is 5.89 Å². The molecule has 21 heavy (non-hydrogen) atoms. The van der Waals surface area contributed by atoms with Gasteiger partial charge >= 0.3 is 0 Å². The Balaban J connectivity index is 1.76. The number of nitrogens with zero attached hydrogens (tertiary/aromatic N) is 4. The standard InChI is InChI=1S/C13H16ClN5O2/c1-8-17-11(21-18-8)6-15-12-10(14)5-16-19(13(12)20)7-9-3-2-4-9/h5,9,15H,2-4,6-7H2,1H3. The van der Waals surface area contributed by atoms with Crippen molar-refractivity contribution in [2.24, 2.45) is 5.92 Å². The van der Waals surface area contributed by atoms with Crippen LogP contribution in [-0.4, -0.2) is 19.9 Å². The SMILES string of the molecule is Cc1noc(CNc2c(Cl)cnn(CC3CCC3)c2=O)n1. The summed E-state index contributed by atoms with van der Waals surface area (Å²) in [5.41, 5.74) is 0.104. The van der Waals surface area contributed by atoms with E-state index in [-0.39, 0.29) is 12.1 Å². The summed E-state index contributed by atoms with van der Waals surface area (Å²) in [5.74, 6) is 1.50. The number of nitrogens with one attached hydrogen (secondary N) is 1. The molecule has 1 N–H and O–H groups in total. The first kappa shape index (κ1) is 14.1. The van der Waals surface area contributed by atoms with Crippen molar-refractivity contribution < 1.29 is 4.52 Å². The van der Waals surface area contributed by atoms with Gasteiger partial charge < -0.3 is 9.84 Å². The van der Waals surface area contributed by atoms with Gasteiger partial charge in [0.25, 0.3) is 5.56 Å². The molecular weight excluding hydrogens is 294 g/mol. The fourth-order valence-electron chi connectivity index (χ4n) is 2.25. The van der Waals surface area contributed by atoms with Gasteiger partial charge in [0.1, 0.15) is 5.69 Å². The number of aromatic nitrogens is 4. The summed E-state index contributed by atoms with van der Waals surface area (Å²) < 4.78 is 6.47. The highest BCUT2D eigenvalue weighted by molar-refractivity contribution is 6.32. The lowest BCUT2D eigenvalue weighted by molar-refractivity contribution is 0.262. The lowest BCUT2D eigenvalue weighted by Crippen LogP contribution is -2.30. The summed E-state index contributed by atoms with van der Waals surface area (Å²) >= 11 is 6.05. The summed E-state index contributed by atoms with van der Waals surface area (Å²) in [5, 5.41) is 11.0. The highest BCUT2D eigenvalue weighted by Crippen LogP contribution is 2.27. The zero-order valence-electron chi connectivity index (χ0n) is 11.7. The van der Waals surface area contributed by atoms with Crippen LogP contribution in [0.1, 0.15) is 31.0 Å². The van der Waals surface area contributed by atoms with Gasteiger partial charge in [-0.05, 0) is 25.7 Å². The number of anilines is 1. The second-order valence-electron chi connectivity index (χ2n) is 5.24. The monoisotopic (exact) mass is 309 g/mol. The minimum Gasteiger partial charge on any atom is -0.370 e. The van der Waals surface area contributed by atoms with E-state index in [4.69, 9.17) is 16.1 Å². The van der Waals surface area contributed by atoms with E-state index < -0.39 is 0 Å². The predicted octanol–water partition coefficient (Wildman–Crippen LogP) is 2.00. The maximum Gasteiger partial charge on any atom is 0.291 e. The first-order valence-electron chi connectivity index (χ1n) is 6.92. The molecule has 1 aliphatic carbocycles. The van der Waals surface area contributed by atoms with Crippen LogP contribution in [0.15, 0.2) is 15.5 Å². The predicted molar refractivity (Wildman–Crippen MR) is 77.2 cm³/mol. The Morgan fingerprint density at radius 1 is 1.52 bits per heavy atom. The minimum absolute atomic E-state index is 0.217. The molecule has 0 aromatic carbocycles. The molecule has 0 bridgehead atoms. The van der Waals surface area contributed by atoms with E-state index in [1.807, 2.05) is 0 Å². The molecule has 7 nitrogen and oxygen atoms in total. The van der Waals surface area contributed by atoms with Gasteiger partial charge in [-0.3, -0.25) is 4.79 Å². The van der Waals surface area contributed by atoms with E-state index in [0.717, 1.165) is 12.8 Å². The van der Waals surface area contributed by atoms with Gasteiger partial charge in [0, 0.05) is 6.54 Å². The molecule has 0 unspecified atom stereocenters. The molecule has 1 fully saturated rings. The fraction of sp³-hybridized carbons (Fsp3) is 0.538. The molecule has 3 rings (SSSR count). The van der Waals surface area contributed by atoms with Crippen molar-refractivity contribution in [1.29, 1.82) is 0 Å². The highest BCUT2D eigenvalue weighted by Gasteiger charge is 2.20. The minimum atomic E-state index is -0.217. The maximum absolute atomic E-state index is 12.4. The van der Waals surface area contributed by atoms with Crippen molar-refractivity contribution in [1.82, 2.24) is 19.9 Å². The Bertz CT molecular complexity index is 692. The molecule has 8 heteroatoms. The van der Waals surface area contributed by atoms with E-state index in [2.05, 4.69) is 20.6 Å². The number of rotatable bonds is 5. The van der Waals surface area contributed by atoms with Crippen LogP contribution in [-0.2, 0) is 13.1 Å². The lowest BCUT2D eigenvalue weighted by atomic mass is 9.85. The molecule has 0 radical (unpaired) electrons. The van der Waals surface area contributed by atoms with Crippen LogP contribution >= 0.6 is 11.6 Å². The number of halogens is 1. The normalized spacial score (nSPS) is 15.0. The van der Waals surface area contributed by atoms with E-state index in [9.17, 15) is 4.79 Å². The molecule has 2 heterocycles. The van der Waals surface area contributed by atoms with E-state index in [0.29, 0.717) is 34.9 Å². The maximum atomic E-state index is 12.4. The van der Waals surface area contributed by atoms with E-state index >= 15 is 0 Å². The van der Waals surface area contributed by atoms with Gasteiger partial charge in [-0.1, -0.05) is 23.2 Å². The summed E-state index contributed by atoms with van der Waals surface area (Å²) in [6, 6.07) is 0. The molecule has 0 saturated heterocycles. The van der Waals surface area contributed by atoms with Crippen LogP contribution in [0, 0.1) is 12.8 Å². The lowest BCUT2D eigenvalue weighted by Gasteiger charge is -2.25. The van der Waals surface area contributed by atoms with Crippen LogP contribution in [0.3, 0.4) is 0 Å². The van der Waals surface area contributed by atoms with Crippen LogP contribution in [0.4, 0.5) is 5.69 Å². The molecule has 112 valence electrons. The Kier molecular flexibility index (Phi) is 3.92. The summed E-state index contributed by atoms with van der Waals surface area (Å²) in [7, 11) is 0. The topological polar surface area (TPSA) is 85.8 Å². The number of hydrogen-bond donors (Lipinski definition) is 1. The molecule has 0 atom stereocenters. The Hall–Kier alpha value is -1.89. The third-order valence-corrected chi connectivity index (χ3v) is 3.93. The van der Waals surface area contributed by atoms with Crippen molar-refractivity contribution in [3.63, 3.8) is 0 Å². The van der Waals surface area contributed by atoms with Crippen LogP contribution in [0.25, 0.3) is 0 Å². The third kappa shape index (κ3) is 3.07. The summed E-state index contributed by atoms with van der Waals surface area (Å²) in [6.45, 7) is 2.63. The molecule has 1 aliphatic rings. The van der Waals surface area contributed by atoms with Crippen LogP contribution in [0.5, 0.6) is 0 Å². The van der Waals surface area contributed by atoms with E-state index in [1.165, 1.54) is 17.3 Å². The zero-order chi connectivity index (χ0) is 14.8. The third-order valence-electron chi connectivity index (χ3n) is 3.64. The first-order chi connectivity index (χ1) is 10.1. The average molecular weight is 310 g/mol. The van der Waals surface area contributed by atoms with Crippen molar-refractivity contribution in [2.75, 3.05) is 5.32 Å². The second-order valence-corrected chi connectivity index (χ2v) is 5.65. The number of aryl methyl sites for hydroxylation is 1. The molecule has 1 saturated carbocycles. The van der Waals surface area contributed by atoms with Crippen molar-refractivity contribution in [3.05, 3.63) is 33.3 Å². The molecule has 0 spiro atoms. The smallest absolute Gasteiger partial charge is 0.291 e. The highest BCUT2D eigenvalue weighted by atomic mass is 35.5. The van der Waals surface area contributed by atoms with E-state index in [1.54, 1.807) is 6.92 Å². The summed E-state index contributed by atoms with van der Waals surface area (Å²) in [4.78, 5) is 16.4. The van der Waals surface area contributed by atoms with Gasteiger partial charge in [0.05, 0.1) is 17.8 Å². The van der Waals surface area contributed by atoms with Crippen LogP contribution in [0.2, 0.25) is 5.02 Å². The molecule has 0 amide bonds. The Morgan fingerprint density at radius 2 is 2.33 bits per heavy atom. The molecule has 2 aromatic heterocycles. The van der Waals surface area contributed by atoms with Crippen molar-refractivity contribution in [3.8, 4) is 0 Å². The van der Waals surface area contributed by atoms with Crippen LogP contribution < -0.4 is 10.9 Å². The fourth-order valence-corrected chi connectivity index (χ4v) is 2.45. The second kappa shape index (κ2) is 5.85. The van der Waals surface area contributed by atoms with Crippen molar-refractivity contribution in [2.45, 2.75) is 39.3 Å².